The lowest BCUT2D eigenvalue weighted by Gasteiger charge is -2.27. The minimum absolute atomic E-state index is 0.0811. The Labute approximate surface area is 196 Å². The number of carbonyl (C=O) groups is 1. The zero-order valence-corrected chi connectivity index (χ0v) is 20.2. The highest BCUT2D eigenvalue weighted by atomic mass is 32.2. The van der Waals surface area contributed by atoms with Crippen LogP contribution in [0.3, 0.4) is 0 Å². The minimum atomic E-state index is -3.87. The number of amides is 1. The molecular weight excluding hydrogens is 442 g/mol. The molecule has 8 nitrogen and oxygen atoms in total. The molecule has 0 aromatic heterocycles. The zero-order chi connectivity index (χ0) is 23.8. The second-order valence-electron chi connectivity index (χ2n) is 8.39. The van der Waals surface area contributed by atoms with Crippen molar-refractivity contribution in [2.75, 3.05) is 33.4 Å². The molecular formula is C24H33N3O5S. The minimum Gasteiger partial charge on any atom is -0.497 e. The Kier molecular flexibility index (Phi) is 8.85. The van der Waals surface area contributed by atoms with E-state index in [0.717, 1.165) is 44.0 Å². The van der Waals surface area contributed by atoms with E-state index in [-0.39, 0.29) is 16.7 Å². The molecule has 1 fully saturated rings. The molecule has 9 heteroatoms. The van der Waals surface area contributed by atoms with Crippen molar-refractivity contribution in [1.29, 1.82) is 0 Å². The van der Waals surface area contributed by atoms with Crippen molar-refractivity contribution < 1.29 is 22.7 Å². The van der Waals surface area contributed by atoms with Crippen molar-refractivity contribution in [3.63, 3.8) is 0 Å². The molecule has 1 amide bonds. The average molecular weight is 476 g/mol. The third-order valence-electron chi connectivity index (χ3n) is 5.67. The standard InChI is InChI=1S/C24H33N3O5S/c1-18(2)23(26-33(29,30)22-10-8-21(31-3)9-11-22)24(28)25-16-19-6-4-5-7-20(19)17-27-12-14-32-15-13-27/h4-11,18,23,26H,12-17H2,1-3H3,(H,25,28)/t23-/m0/s1. The molecule has 1 aliphatic rings. The molecule has 0 aliphatic carbocycles. The molecule has 0 unspecified atom stereocenters. The van der Waals surface area contributed by atoms with Gasteiger partial charge < -0.3 is 14.8 Å². The highest BCUT2D eigenvalue weighted by Gasteiger charge is 2.28. The predicted molar refractivity (Wildman–Crippen MR) is 126 cm³/mol. The fourth-order valence-electron chi connectivity index (χ4n) is 3.66. The smallest absolute Gasteiger partial charge is 0.241 e. The Morgan fingerprint density at radius 3 is 2.30 bits per heavy atom. The second kappa shape index (κ2) is 11.6. The summed E-state index contributed by atoms with van der Waals surface area (Å²) in [5, 5.41) is 2.92. The Morgan fingerprint density at radius 2 is 1.70 bits per heavy atom. The van der Waals surface area contributed by atoms with Gasteiger partial charge in [0.1, 0.15) is 11.8 Å². The molecule has 2 aromatic carbocycles. The molecule has 0 spiro atoms. The number of nitrogens with zero attached hydrogens (tertiary/aromatic N) is 1. The summed E-state index contributed by atoms with van der Waals surface area (Å²) in [6.45, 7) is 7.94. The monoisotopic (exact) mass is 475 g/mol. The molecule has 1 saturated heterocycles. The number of benzene rings is 2. The van der Waals surface area contributed by atoms with Gasteiger partial charge in [-0.3, -0.25) is 9.69 Å². The summed E-state index contributed by atoms with van der Waals surface area (Å²) in [4.78, 5) is 15.4. The van der Waals surface area contributed by atoms with Gasteiger partial charge in [-0.05, 0) is 41.3 Å². The number of hydrogen-bond acceptors (Lipinski definition) is 6. The molecule has 3 rings (SSSR count). The van der Waals surface area contributed by atoms with E-state index in [1.54, 1.807) is 12.1 Å². The quantitative estimate of drug-likeness (QED) is 0.547. The first-order valence-corrected chi connectivity index (χ1v) is 12.6. The van der Waals surface area contributed by atoms with Crippen LogP contribution in [0, 0.1) is 5.92 Å². The molecule has 0 saturated carbocycles. The van der Waals surface area contributed by atoms with Crippen LogP contribution >= 0.6 is 0 Å². The Bertz CT molecular complexity index is 1020. The van der Waals surface area contributed by atoms with Gasteiger partial charge in [0.05, 0.1) is 25.2 Å². The van der Waals surface area contributed by atoms with Crippen molar-refractivity contribution in [2.45, 2.75) is 37.9 Å². The molecule has 2 N–H and O–H groups in total. The summed E-state index contributed by atoms with van der Waals surface area (Å²) in [5.74, 6) is -0.0345. The van der Waals surface area contributed by atoms with Crippen LogP contribution in [0.15, 0.2) is 53.4 Å². The van der Waals surface area contributed by atoms with Gasteiger partial charge in [-0.25, -0.2) is 8.42 Å². The normalized spacial score (nSPS) is 15.9. The predicted octanol–water partition coefficient (Wildman–Crippen LogP) is 2.15. The summed E-state index contributed by atoms with van der Waals surface area (Å²) in [7, 11) is -2.36. The summed E-state index contributed by atoms with van der Waals surface area (Å²) in [6, 6.07) is 13.1. The number of morpholine rings is 1. The van der Waals surface area contributed by atoms with Crippen molar-refractivity contribution in [1.82, 2.24) is 14.9 Å². The van der Waals surface area contributed by atoms with Crippen LogP contribution in [0.4, 0.5) is 0 Å². The summed E-state index contributed by atoms with van der Waals surface area (Å²) in [5.41, 5.74) is 2.15. The van der Waals surface area contributed by atoms with Crippen LogP contribution in [0.5, 0.6) is 5.75 Å². The van der Waals surface area contributed by atoms with Gasteiger partial charge in [-0.1, -0.05) is 38.1 Å². The summed E-state index contributed by atoms with van der Waals surface area (Å²) in [6.07, 6.45) is 0. The number of rotatable bonds is 10. The van der Waals surface area contributed by atoms with Gasteiger partial charge >= 0.3 is 0 Å². The van der Waals surface area contributed by atoms with E-state index in [1.807, 2.05) is 32.0 Å². The Balaban J connectivity index is 1.66. The molecule has 0 bridgehead atoms. The molecule has 0 radical (unpaired) electrons. The van der Waals surface area contributed by atoms with Crippen molar-refractivity contribution >= 4 is 15.9 Å². The van der Waals surface area contributed by atoms with Gasteiger partial charge in [0.2, 0.25) is 15.9 Å². The average Bonchev–Trinajstić information content (AvgIpc) is 2.82. The number of carbonyl (C=O) groups excluding carboxylic acids is 1. The van der Waals surface area contributed by atoms with Crippen LogP contribution in [-0.4, -0.2) is 58.7 Å². The van der Waals surface area contributed by atoms with Gasteiger partial charge in [-0.2, -0.15) is 4.72 Å². The van der Waals surface area contributed by atoms with Gasteiger partial charge in [-0.15, -0.1) is 0 Å². The maximum absolute atomic E-state index is 13.0. The topological polar surface area (TPSA) is 97.0 Å². The Hall–Kier alpha value is -2.46. The van der Waals surface area contributed by atoms with E-state index >= 15 is 0 Å². The third kappa shape index (κ3) is 7.01. The molecule has 180 valence electrons. The lowest BCUT2D eigenvalue weighted by molar-refractivity contribution is -0.123. The van der Waals surface area contributed by atoms with Crippen LogP contribution in [0.25, 0.3) is 0 Å². The lowest BCUT2D eigenvalue weighted by atomic mass is 10.0. The number of hydrogen-bond donors (Lipinski definition) is 2. The number of nitrogens with one attached hydrogen (secondary N) is 2. The molecule has 1 aliphatic heterocycles. The van der Waals surface area contributed by atoms with Crippen molar-refractivity contribution in [2.24, 2.45) is 5.92 Å². The van der Waals surface area contributed by atoms with E-state index < -0.39 is 16.1 Å². The maximum atomic E-state index is 13.0. The van der Waals surface area contributed by atoms with E-state index in [4.69, 9.17) is 9.47 Å². The molecule has 1 atom stereocenters. The molecule has 2 aromatic rings. The fourth-order valence-corrected chi connectivity index (χ4v) is 5.00. The SMILES string of the molecule is COc1ccc(S(=O)(=O)N[C@H](C(=O)NCc2ccccc2CN2CCOCC2)C(C)C)cc1. The van der Waals surface area contributed by atoms with Crippen molar-refractivity contribution in [3.05, 3.63) is 59.7 Å². The summed E-state index contributed by atoms with van der Waals surface area (Å²) < 4.78 is 38.8. The van der Waals surface area contributed by atoms with Gasteiger partial charge in [0, 0.05) is 26.2 Å². The van der Waals surface area contributed by atoms with Gasteiger partial charge in [0.15, 0.2) is 0 Å². The van der Waals surface area contributed by atoms with Crippen LogP contribution in [0.1, 0.15) is 25.0 Å². The molecule has 1 heterocycles. The van der Waals surface area contributed by atoms with Crippen molar-refractivity contribution in [3.8, 4) is 5.75 Å². The highest BCUT2D eigenvalue weighted by Crippen LogP contribution is 2.17. The number of ether oxygens (including phenoxy) is 2. The first-order valence-electron chi connectivity index (χ1n) is 11.1. The third-order valence-corrected chi connectivity index (χ3v) is 7.13. The zero-order valence-electron chi connectivity index (χ0n) is 19.4. The van der Waals surface area contributed by atoms with E-state index in [0.29, 0.717) is 12.3 Å². The summed E-state index contributed by atoms with van der Waals surface area (Å²) >= 11 is 0. The maximum Gasteiger partial charge on any atom is 0.241 e. The van der Waals surface area contributed by atoms with E-state index in [2.05, 4.69) is 21.0 Å². The molecule has 33 heavy (non-hydrogen) atoms. The Morgan fingerprint density at radius 1 is 1.06 bits per heavy atom. The largest absolute Gasteiger partial charge is 0.497 e. The van der Waals surface area contributed by atoms with Crippen LogP contribution < -0.4 is 14.8 Å². The number of sulfonamides is 1. The first kappa shape index (κ1) is 25.2. The fraction of sp³-hybridized carbons (Fsp3) is 0.458. The van der Waals surface area contributed by atoms with Gasteiger partial charge in [0.25, 0.3) is 0 Å². The van der Waals surface area contributed by atoms with Crippen LogP contribution in [0.2, 0.25) is 0 Å². The lowest BCUT2D eigenvalue weighted by Crippen LogP contribution is -2.49. The van der Waals surface area contributed by atoms with E-state index in [1.165, 1.54) is 19.2 Å². The first-order chi connectivity index (χ1) is 15.8. The van der Waals surface area contributed by atoms with E-state index in [9.17, 15) is 13.2 Å². The van der Waals surface area contributed by atoms with Crippen LogP contribution in [-0.2, 0) is 32.6 Å². The number of methoxy groups -OCH3 is 1. The highest BCUT2D eigenvalue weighted by molar-refractivity contribution is 7.89. The second-order valence-corrected chi connectivity index (χ2v) is 10.1.